The van der Waals surface area contributed by atoms with Crippen molar-refractivity contribution in [2.45, 2.75) is 57.6 Å². The second-order valence-electron chi connectivity index (χ2n) is 9.54. The third kappa shape index (κ3) is 6.45. The summed E-state index contributed by atoms with van der Waals surface area (Å²) in [5.41, 5.74) is 2.51. The van der Waals surface area contributed by atoms with Crippen LogP contribution < -0.4 is 16.0 Å². The molecule has 0 unspecified atom stereocenters. The van der Waals surface area contributed by atoms with Crippen molar-refractivity contribution < 1.29 is 14.3 Å². The van der Waals surface area contributed by atoms with Gasteiger partial charge in [-0.2, -0.15) is 0 Å². The van der Waals surface area contributed by atoms with Gasteiger partial charge in [0.05, 0.1) is 17.3 Å². The first kappa shape index (κ1) is 24.4. The van der Waals surface area contributed by atoms with Crippen LogP contribution in [0.25, 0.3) is 10.9 Å². The Labute approximate surface area is 201 Å². The number of hydrogen-bond donors (Lipinski definition) is 3. The van der Waals surface area contributed by atoms with Gasteiger partial charge in [-0.15, -0.1) is 0 Å². The molecule has 1 aromatic heterocycles. The number of piperidine rings is 1. The number of fused-ring (bicyclic) bond motifs is 1. The number of aryl methyl sites for hydroxylation is 1. The van der Waals surface area contributed by atoms with Gasteiger partial charge < -0.3 is 25.6 Å². The molecule has 2 aliphatic rings. The third-order valence-electron chi connectivity index (χ3n) is 7.12. The van der Waals surface area contributed by atoms with Crippen LogP contribution in [0.3, 0.4) is 0 Å². The number of likely N-dealkylation sites (tertiary alicyclic amines) is 1. The van der Waals surface area contributed by atoms with Crippen LogP contribution in [0.5, 0.6) is 0 Å². The Kier molecular flexibility index (Phi) is 8.34. The molecular weight excluding hydrogens is 430 g/mol. The molecule has 0 bridgehead atoms. The fourth-order valence-corrected chi connectivity index (χ4v) is 5.09. The van der Waals surface area contributed by atoms with Crippen molar-refractivity contribution >= 4 is 28.5 Å². The lowest BCUT2D eigenvalue weighted by atomic mass is 9.86. The quantitative estimate of drug-likeness (QED) is 0.580. The number of methoxy groups -OCH3 is 1. The molecule has 184 valence electrons. The Balaban J connectivity index is 1.15. The fourth-order valence-electron chi connectivity index (χ4n) is 5.09. The van der Waals surface area contributed by atoms with Gasteiger partial charge in [-0.3, -0.25) is 9.78 Å². The lowest BCUT2D eigenvalue weighted by Crippen LogP contribution is -2.48. The molecule has 4 rings (SSSR count). The van der Waals surface area contributed by atoms with Crippen molar-refractivity contribution in [3.05, 3.63) is 36.0 Å². The van der Waals surface area contributed by atoms with Gasteiger partial charge in [0.25, 0.3) is 0 Å². The maximum atomic E-state index is 12.6. The number of anilines is 1. The Morgan fingerprint density at radius 1 is 1.09 bits per heavy atom. The number of pyridine rings is 1. The number of nitrogens with zero attached hydrogens (tertiary/aromatic N) is 2. The molecule has 1 aromatic carbocycles. The van der Waals surface area contributed by atoms with Crippen molar-refractivity contribution in [1.29, 1.82) is 0 Å². The van der Waals surface area contributed by atoms with Crippen molar-refractivity contribution in [1.82, 2.24) is 20.5 Å². The summed E-state index contributed by atoms with van der Waals surface area (Å²) in [5, 5.41) is 10.1. The predicted octanol–water partition coefficient (Wildman–Crippen LogP) is 3.45. The smallest absolute Gasteiger partial charge is 0.319 e. The van der Waals surface area contributed by atoms with Crippen LogP contribution in [0.1, 0.15) is 44.2 Å². The highest BCUT2D eigenvalue weighted by atomic mass is 16.5. The molecule has 1 aliphatic carbocycles. The number of ether oxygens (including phenoxy) is 1. The van der Waals surface area contributed by atoms with E-state index in [1.165, 1.54) is 0 Å². The van der Waals surface area contributed by atoms with E-state index >= 15 is 0 Å². The van der Waals surface area contributed by atoms with E-state index in [1.54, 1.807) is 7.11 Å². The number of aromatic nitrogens is 1. The highest BCUT2D eigenvalue weighted by molar-refractivity contribution is 6.00. The van der Waals surface area contributed by atoms with Crippen LogP contribution in [0.2, 0.25) is 0 Å². The van der Waals surface area contributed by atoms with Crippen LogP contribution in [0.15, 0.2) is 30.3 Å². The molecule has 3 N–H and O–H groups in total. The molecule has 34 heavy (non-hydrogen) atoms. The summed E-state index contributed by atoms with van der Waals surface area (Å²) >= 11 is 0. The van der Waals surface area contributed by atoms with Gasteiger partial charge in [-0.1, -0.05) is 18.2 Å². The normalized spacial score (nSPS) is 21.8. The van der Waals surface area contributed by atoms with Crippen molar-refractivity contribution in [3.63, 3.8) is 0 Å². The van der Waals surface area contributed by atoms with Crippen molar-refractivity contribution in [2.75, 3.05) is 38.6 Å². The number of amides is 3. The van der Waals surface area contributed by atoms with Crippen molar-refractivity contribution in [3.8, 4) is 0 Å². The average Bonchev–Trinajstić information content (AvgIpc) is 2.85. The lowest BCUT2D eigenvalue weighted by Gasteiger charge is -2.34. The molecule has 1 aliphatic heterocycles. The molecule has 0 atom stereocenters. The van der Waals surface area contributed by atoms with E-state index in [4.69, 9.17) is 4.74 Å². The number of rotatable bonds is 7. The zero-order chi connectivity index (χ0) is 23.9. The Hall–Kier alpha value is -2.71. The first-order valence-electron chi connectivity index (χ1n) is 12.5. The van der Waals surface area contributed by atoms with Gasteiger partial charge in [0.1, 0.15) is 0 Å². The van der Waals surface area contributed by atoms with Crippen LogP contribution in [-0.4, -0.2) is 67.3 Å². The number of hydrogen-bond acceptors (Lipinski definition) is 5. The minimum atomic E-state index is -0.207. The van der Waals surface area contributed by atoms with Gasteiger partial charge in [0.15, 0.2) is 0 Å². The number of carbonyl (C=O) groups is 2. The largest absolute Gasteiger partial charge is 0.381 e. The van der Waals surface area contributed by atoms with Crippen LogP contribution in [-0.2, 0) is 9.53 Å². The highest BCUT2D eigenvalue weighted by Crippen LogP contribution is 2.26. The van der Waals surface area contributed by atoms with Gasteiger partial charge in [0.2, 0.25) is 5.91 Å². The molecule has 3 amide bonds. The third-order valence-corrected chi connectivity index (χ3v) is 7.12. The predicted molar refractivity (Wildman–Crippen MR) is 134 cm³/mol. The van der Waals surface area contributed by atoms with E-state index in [1.807, 2.05) is 37.3 Å². The van der Waals surface area contributed by atoms with Gasteiger partial charge in [0, 0.05) is 56.3 Å². The zero-order valence-corrected chi connectivity index (χ0v) is 20.3. The fraction of sp³-hybridized carbons (Fsp3) is 0.577. The Bertz CT molecular complexity index is 982. The van der Waals surface area contributed by atoms with E-state index in [9.17, 15) is 9.59 Å². The molecule has 2 heterocycles. The standard InChI is InChI=1S/C26H37N5O3/c1-18-17-24(22-5-3-4-6-23(22)28-18)30-26(33)27-13-16-31-14-11-20(12-15-31)29-25(32)19-7-9-21(34-2)10-8-19/h3-6,17,19-21H,7-16H2,1-2H3,(H,29,32)(H2,27,28,30,33). The second kappa shape index (κ2) is 11.6. The first-order chi connectivity index (χ1) is 16.5. The van der Waals surface area contributed by atoms with Gasteiger partial charge in [-0.25, -0.2) is 4.79 Å². The number of para-hydroxylation sites is 1. The molecule has 1 saturated heterocycles. The lowest BCUT2D eigenvalue weighted by molar-refractivity contribution is -0.127. The number of nitrogens with one attached hydrogen (secondary N) is 3. The summed E-state index contributed by atoms with van der Waals surface area (Å²) < 4.78 is 5.41. The molecule has 0 spiro atoms. The maximum absolute atomic E-state index is 12.6. The Morgan fingerprint density at radius 2 is 1.82 bits per heavy atom. The Morgan fingerprint density at radius 3 is 2.56 bits per heavy atom. The molecule has 2 aromatic rings. The monoisotopic (exact) mass is 467 g/mol. The molecule has 8 heteroatoms. The van der Waals surface area contributed by atoms with Crippen LogP contribution >= 0.6 is 0 Å². The van der Waals surface area contributed by atoms with E-state index in [-0.39, 0.29) is 23.9 Å². The molecule has 0 radical (unpaired) electrons. The number of carbonyl (C=O) groups excluding carboxylic acids is 2. The second-order valence-corrected chi connectivity index (χ2v) is 9.54. The minimum Gasteiger partial charge on any atom is -0.381 e. The van der Waals surface area contributed by atoms with E-state index in [2.05, 4.69) is 25.8 Å². The topological polar surface area (TPSA) is 95.6 Å². The number of benzene rings is 1. The van der Waals surface area contributed by atoms with Gasteiger partial charge in [-0.05, 0) is 57.6 Å². The van der Waals surface area contributed by atoms with E-state index < -0.39 is 0 Å². The molecule has 1 saturated carbocycles. The molecule has 8 nitrogen and oxygen atoms in total. The van der Waals surface area contributed by atoms with Gasteiger partial charge >= 0.3 is 6.03 Å². The zero-order valence-electron chi connectivity index (χ0n) is 20.3. The van der Waals surface area contributed by atoms with E-state index in [0.29, 0.717) is 12.6 Å². The first-order valence-corrected chi connectivity index (χ1v) is 12.5. The van der Waals surface area contributed by atoms with Crippen LogP contribution in [0, 0.1) is 12.8 Å². The summed E-state index contributed by atoms with van der Waals surface area (Å²) in [5.74, 6) is 0.346. The maximum Gasteiger partial charge on any atom is 0.319 e. The number of urea groups is 1. The molecule has 2 fully saturated rings. The summed E-state index contributed by atoms with van der Waals surface area (Å²) in [7, 11) is 1.75. The van der Waals surface area contributed by atoms with E-state index in [0.717, 1.165) is 80.4 Å². The summed E-state index contributed by atoms with van der Waals surface area (Å²) in [6.07, 6.45) is 6.02. The average molecular weight is 468 g/mol. The summed E-state index contributed by atoms with van der Waals surface area (Å²) in [6.45, 7) is 5.16. The highest BCUT2D eigenvalue weighted by Gasteiger charge is 2.28. The molecular formula is C26H37N5O3. The van der Waals surface area contributed by atoms with Crippen LogP contribution in [0.4, 0.5) is 10.5 Å². The minimum absolute atomic E-state index is 0.133. The van der Waals surface area contributed by atoms with Crippen molar-refractivity contribution in [2.24, 2.45) is 5.92 Å². The summed E-state index contributed by atoms with van der Waals surface area (Å²) in [6, 6.07) is 9.74. The summed E-state index contributed by atoms with van der Waals surface area (Å²) in [4.78, 5) is 31.9. The SMILES string of the molecule is COC1CCC(C(=O)NC2CCN(CCNC(=O)Nc3cc(C)nc4ccccc34)CC2)CC1.